The third kappa shape index (κ3) is 3.33. The normalized spacial score (nSPS) is 16.0. The highest BCUT2D eigenvalue weighted by Gasteiger charge is 2.34. The lowest BCUT2D eigenvalue weighted by molar-refractivity contribution is -0.138. The molecule has 0 radical (unpaired) electrons. The number of nitrogens with zero attached hydrogens (tertiary/aromatic N) is 1. The second kappa shape index (κ2) is 7.31. The summed E-state index contributed by atoms with van der Waals surface area (Å²) in [5, 5.41) is 10.9. The fraction of sp³-hybridized carbons (Fsp3) is 0.312. The third-order valence-corrected chi connectivity index (χ3v) is 3.70. The van der Waals surface area contributed by atoms with Crippen molar-refractivity contribution in [2.24, 2.45) is 0 Å². The Balaban J connectivity index is 1.99. The van der Waals surface area contributed by atoms with Gasteiger partial charge in [0.05, 0.1) is 11.1 Å². The van der Waals surface area contributed by atoms with Crippen LogP contribution in [0, 0.1) is 0 Å². The van der Waals surface area contributed by atoms with Crippen LogP contribution in [-0.4, -0.2) is 47.4 Å². The van der Waals surface area contributed by atoms with E-state index in [2.05, 4.69) is 5.32 Å². The average molecular weight is 338 g/mol. The molecule has 0 spiro atoms. The van der Waals surface area contributed by atoms with Crippen LogP contribution in [0.15, 0.2) is 35.9 Å². The minimum absolute atomic E-state index is 0.0131. The molecule has 0 aliphatic carbocycles. The molecule has 1 aliphatic heterocycles. The van der Waals surface area contributed by atoms with E-state index in [0.29, 0.717) is 0 Å². The first-order chi connectivity index (χ1) is 11.4. The van der Waals surface area contributed by atoms with Crippen LogP contribution in [0.3, 0.4) is 0 Å². The van der Waals surface area contributed by atoms with Crippen LogP contribution >= 0.6 is 0 Å². The molecule has 24 heavy (non-hydrogen) atoms. The monoisotopic (exact) mass is 338 g/mol. The molecule has 1 atom stereocenters. The first-order valence-electron chi connectivity index (χ1n) is 7.27. The highest BCUT2D eigenvalue weighted by atomic mass is 19.2. The molecule has 0 bridgehead atoms. The Morgan fingerprint density at radius 2 is 1.75 bits per heavy atom. The number of halogens is 2. The SMILES string of the molecule is CNC(C(=O)O)/C(F)=C(/F)CCCN1C(=O)c2ccccc2C1=O. The van der Waals surface area contributed by atoms with E-state index in [1.165, 1.54) is 19.2 Å². The second-order valence-electron chi connectivity index (χ2n) is 5.22. The van der Waals surface area contributed by atoms with E-state index in [-0.39, 0.29) is 24.1 Å². The summed E-state index contributed by atoms with van der Waals surface area (Å²) < 4.78 is 27.4. The number of imide groups is 1. The molecule has 0 saturated heterocycles. The van der Waals surface area contributed by atoms with Gasteiger partial charge in [-0.15, -0.1) is 0 Å². The number of fused-ring (bicyclic) bond motifs is 1. The van der Waals surface area contributed by atoms with Crippen LogP contribution in [0.1, 0.15) is 33.6 Å². The Bertz CT molecular complexity index is 683. The van der Waals surface area contributed by atoms with Gasteiger partial charge in [-0.3, -0.25) is 19.3 Å². The molecule has 1 aromatic carbocycles. The maximum Gasteiger partial charge on any atom is 0.327 e. The Hall–Kier alpha value is -2.61. The van der Waals surface area contributed by atoms with Gasteiger partial charge in [0.1, 0.15) is 5.83 Å². The molecule has 2 N–H and O–H groups in total. The van der Waals surface area contributed by atoms with Crippen molar-refractivity contribution in [3.8, 4) is 0 Å². The third-order valence-electron chi connectivity index (χ3n) is 3.70. The van der Waals surface area contributed by atoms with E-state index in [4.69, 9.17) is 5.11 Å². The molecule has 1 aliphatic rings. The summed E-state index contributed by atoms with van der Waals surface area (Å²) in [6.45, 7) is -0.0790. The molecular weight excluding hydrogens is 322 g/mol. The molecule has 128 valence electrons. The first kappa shape index (κ1) is 17.7. The molecule has 2 amide bonds. The number of amides is 2. The van der Waals surface area contributed by atoms with Gasteiger partial charge in [0.25, 0.3) is 11.8 Å². The highest BCUT2D eigenvalue weighted by molar-refractivity contribution is 6.21. The molecule has 8 heteroatoms. The number of carboxylic acid groups (broad SMARTS) is 1. The van der Waals surface area contributed by atoms with Crippen molar-refractivity contribution in [2.45, 2.75) is 18.9 Å². The molecule has 0 fully saturated rings. The van der Waals surface area contributed by atoms with Gasteiger partial charge >= 0.3 is 5.97 Å². The minimum Gasteiger partial charge on any atom is -0.480 e. The van der Waals surface area contributed by atoms with Crippen LogP contribution in [0.5, 0.6) is 0 Å². The number of hydrogen-bond acceptors (Lipinski definition) is 4. The quantitative estimate of drug-likeness (QED) is 0.742. The minimum atomic E-state index is -1.76. The van der Waals surface area contributed by atoms with E-state index in [1.54, 1.807) is 12.1 Å². The number of carbonyl (C=O) groups excluding carboxylic acids is 2. The van der Waals surface area contributed by atoms with Crippen molar-refractivity contribution < 1.29 is 28.3 Å². The van der Waals surface area contributed by atoms with Gasteiger partial charge in [0, 0.05) is 13.0 Å². The number of hydrogen-bond donors (Lipinski definition) is 2. The van der Waals surface area contributed by atoms with E-state index in [1.807, 2.05) is 0 Å². The molecule has 1 heterocycles. The van der Waals surface area contributed by atoms with Gasteiger partial charge < -0.3 is 10.4 Å². The number of carbonyl (C=O) groups is 3. The van der Waals surface area contributed by atoms with Crippen molar-refractivity contribution in [1.82, 2.24) is 10.2 Å². The summed E-state index contributed by atoms with van der Waals surface area (Å²) in [5.74, 6) is -5.11. The number of aliphatic carboxylic acids is 1. The Morgan fingerprint density at radius 1 is 1.21 bits per heavy atom. The van der Waals surface area contributed by atoms with Crippen LogP contribution in [0.4, 0.5) is 8.78 Å². The van der Waals surface area contributed by atoms with Crippen LogP contribution in [-0.2, 0) is 4.79 Å². The fourth-order valence-electron chi connectivity index (χ4n) is 2.47. The molecule has 6 nitrogen and oxygen atoms in total. The topological polar surface area (TPSA) is 86.7 Å². The van der Waals surface area contributed by atoms with Crippen LogP contribution < -0.4 is 5.32 Å². The summed E-state index contributed by atoms with van der Waals surface area (Å²) in [6.07, 6.45) is -0.425. The Morgan fingerprint density at radius 3 is 2.21 bits per heavy atom. The molecule has 0 aromatic heterocycles. The lowest BCUT2D eigenvalue weighted by Gasteiger charge is -2.14. The van der Waals surface area contributed by atoms with E-state index in [9.17, 15) is 23.2 Å². The fourth-order valence-corrected chi connectivity index (χ4v) is 2.47. The molecule has 0 saturated carbocycles. The zero-order valence-electron chi connectivity index (χ0n) is 12.9. The largest absolute Gasteiger partial charge is 0.480 e. The van der Waals surface area contributed by atoms with Crippen molar-refractivity contribution in [3.63, 3.8) is 0 Å². The van der Waals surface area contributed by atoms with Gasteiger partial charge in [0.2, 0.25) is 0 Å². The standard InChI is InChI=1S/C16H16F2N2O4/c1-19-13(16(23)24)12(18)11(17)7-4-8-20-14(21)9-5-2-3-6-10(9)15(20)22/h2-3,5-6,13,19H,4,7-8H2,1H3,(H,23,24)/b12-11-. The lowest BCUT2D eigenvalue weighted by Crippen LogP contribution is -2.35. The predicted octanol–water partition coefficient (Wildman–Crippen LogP) is 1.89. The smallest absolute Gasteiger partial charge is 0.327 e. The zero-order chi connectivity index (χ0) is 17.9. The first-order valence-corrected chi connectivity index (χ1v) is 7.27. The number of nitrogens with one attached hydrogen (secondary N) is 1. The number of benzene rings is 1. The maximum atomic E-state index is 13.7. The van der Waals surface area contributed by atoms with Gasteiger partial charge in [-0.25, -0.2) is 8.78 Å². The number of rotatable bonds is 7. The summed E-state index contributed by atoms with van der Waals surface area (Å²) in [6, 6.07) is 4.56. The van der Waals surface area contributed by atoms with Crippen molar-refractivity contribution in [3.05, 3.63) is 47.0 Å². The number of allylic oxidation sites excluding steroid dienone is 1. The van der Waals surface area contributed by atoms with Crippen molar-refractivity contribution >= 4 is 17.8 Å². The molecular formula is C16H16F2N2O4. The zero-order valence-corrected chi connectivity index (χ0v) is 12.9. The summed E-state index contributed by atoms with van der Waals surface area (Å²) in [4.78, 5) is 35.9. The Kier molecular flexibility index (Phi) is 5.40. The van der Waals surface area contributed by atoms with Gasteiger partial charge in [-0.2, -0.15) is 0 Å². The van der Waals surface area contributed by atoms with Crippen LogP contribution in [0.25, 0.3) is 0 Å². The van der Waals surface area contributed by atoms with E-state index < -0.39 is 41.9 Å². The summed E-state index contributed by atoms with van der Waals surface area (Å²) >= 11 is 0. The summed E-state index contributed by atoms with van der Waals surface area (Å²) in [5.41, 5.74) is 0.566. The van der Waals surface area contributed by atoms with Crippen molar-refractivity contribution in [1.29, 1.82) is 0 Å². The molecule has 1 aromatic rings. The number of likely N-dealkylation sites (N-methyl/N-ethyl adjacent to an activating group) is 1. The van der Waals surface area contributed by atoms with Crippen LogP contribution in [0.2, 0.25) is 0 Å². The van der Waals surface area contributed by atoms with Gasteiger partial charge in [-0.05, 0) is 25.6 Å². The Labute approximate surface area is 136 Å². The highest BCUT2D eigenvalue weighted by Crippen LogP contribution is 2.24. The van der Waals surface area contributed by atoms with Gasteiger partial charge in [-0.1, -0.05) is 12.1 Å². The maximum absolute atomic E-state index is 13.7. The van der Waals surface area contributed by atoms with E-state index >= 15 is 0 Å². The second-order valence-corrected chi connectivity index (χ2v) is 5.22. The summed E-state index contributed by atoms with van der Waals surface area (Å²) in [7, 11) is 1.20. The van der Waals surface area contributed by atoms with Crippen molar-refractivity contribution in [2.75, 3.05) is 13.6 Å². The van der Waals surface area contributed by atoms with E-state index in [0.717, 1.165) is 4.90 Å². The van der Waals surface area contributed by atoms with Gasteiger partial charge in [0.15, 0.2) is 11.9 Å². The predicted molar refractivity (Wildman–Crippen MR) is 80.8 cm³/mol. The lowest BCUT2D eigenvalue weighted by atomic mass is 10.1. The number of carboxylic acids is 1. The molecule has 1 unspecified atom stereocenters. The average Bonchev–Trinajstić information content (AvgIpc) is 2.80. The molecule has 2 rings (SSSR count).